The molecule has 0 aliphatic heterocycles. The van der Waals surface area contributed by atoms with Crippen molar-refractivity contribution in [3.8, 4) is 0 Å². The molecule has 68 valence electrons. The van der Waals surface area contributed by atoms with Gasteiger partial charge < -0.3 is 5.11 Å². The number of imidazole rings is 1. The maximum atomic E-state index is 10.7. The maximum absolute atomic E-state index is 10.7. The zero-order chi connectivity index (χ0) is 8.55. The zero-order valence-corrected chi connectivity index (χ0v) is 7.36. The highest BCUT2D eigenvalue weighted by molar-refractivity contribution is 5.86. The van der Waals surface area contributed by atoms with Crippen LogP contribution in [0.2, 0.25) is 0 Å². The third kappa shape index (κ3) is 1.48. The Morgan fingerprint density at radius 3 is 2.92 bits per heavy atom. The first-order chi connectivity index (χ1) is 5.79. The minimum Gasteiger partial charge on any atom is -0.477 e. The highest BCUT2D eigenvalue weighted by Crippen LogP contribution is 2.04. The lowest BCUT2D eigenvalue weighted by Gasteiger charge is -1.97. The Kier molecular flexibility index (Phi) is 2.53. The van der Waals surface area contributed by atoms with Gasteiger partial charge in [-0.05, 0) is 12.1 Å². The van der Waals surface area contributed by atoms with Gasteiger partial charge in [0.2, 0.25) is 0 Å². The van der Waals surface area contributed by atoms with E-state index in [4.69, 9.17) is 5.11 Å². The summed E-state index contributed by atoms with van der Waals surface area (Å²) < 4.78 is 1.53. The normalized spacial score (nSPS) is 9.54. The number of aromatic nitrogens is 2. The molecular formula is C8H7ClN2O2. The number of carboxylic acids is 1. The fraction of sp³-hybridized carbons (Fsp3) is 0. The van der Waals surface area contributed by atoms with Gasteiger partial charge in [-0.15, -0.1) is 12.4 Å². The van der Waals surface area contributed by atoms with E-state index in [0.29, 0.717) is 5.65 Å². The van der Waals surface area contributed by atoms with E-state index in [1.165, 1.54) is 10.5 Å². The van der Waals surface area contributed by atoms with Gasteiger partial charge in [-0.3, -0.25) is 4.40 Å². The molecule has 1 N–H and O–H groups in total. The third-order valence-electron chi connectivity index (χ3n) is 1.65. The average Bonchev–Trinajstić information content (AvgIpc) is 2.49. The molecule has 2 heterocycles. The molecule has 0 aromatic carbocycles. The van der Waals surface area contributed by atoms with E-state index in [2.05, 4.69) is 4.98 Å². The summed E-state index contributed by atoms with van der Waals surface area (Å²) in [4.78, 5) is 14.6. The van der Waals surface area contributed by atoms with Gasteiger partial charge in [-0.2, -0.15) is 0 Å². The van der Waals surface area contributed by atoms with Crippen molar-refractivity contribution < 1.29 is 9.90 Å². The second kappa shape index (κ2) is 3.45. The molecule has 0 aliphatic rings. The standard InChI is InChI=1S/C8H6N2O2.ClH/c11-8(12)6-2-1-3-7-9-4-5-10(6)7;/h1-5H,(H,11,12);1H. The molecule has 0 bridgehead atoms. The fourth-order valence-electron chi connectivity index (χ4n) is 1.12. The second-order valence-electron chi connectivity index (χ2n) is 2.37. The van der Waals surface area contributed by atoms with Gasteiger partial charge in [0.15, 0.2) is 0 Å². The van der Waals surface area contributed by atoms with Crippen LogP contribution < -0.4 is 0 Å². The van der Waals surface area contributed by atoms with Crippen LogP contribution in [-0.2, 0) is 0 Å². The van der Waals surface area contributed by atoms with Gasteiger partial charge >= 0.3 is 5.97 Å². The quantitative estimate of drug-likeness (QED) is 0.755. The smallest absolute Gasteiger partial charge is 0.352 e. The van der Waals surface area contributed by atoms with E-state index in [9.17, 15) is 4.79 Å². The molecule has 0 spiro atoms. The zero-order valence-electron chi connectivity index (χ0n) is 6.54. The molecule has 2 rings (SSSR count). The van der Waals surface area contributed by atoms with Crippen molar-refractivity contribution in [2.45, 2.75) is 0 Å². The molecule has 4 nitrogen and oxygen atoms in total. The number of carbonyl (C=O) groups is 1. The molecule has 0 unspecified atom stereocenters. The first-order valence-corrected chi connectivity index (χ1v) is 3.44. The summed E-state index contributed by atoms with van der Waals surface area (Å²) >= 11 is 0. The molecule has 2 aromatic heterocycles. The molecule has 2 aromatic rings. The van der Waals surface area contributed by atoms with Crippen LogP contribution in [0.15, 0.2) is 30.6 Å². The van der Waals surface area contributed by atoms with E-state index in [1.54, 1.807) is 24.5 Å². The Bertz CT molecular complexity index is 438. The Morgan fingerprint density at radius 2 is 2.23 bits per heavy atom. The van der Waals surface area contributed by atoms with Crippen molar-refractivity contribution in [1.29, 1.82) is 0 Å². The first kappa shape index (κ1) is 9.54. The van der Waals surface area contributed by atoms with Crippen LogP contribution in [0, 0.1) is 0 Å². The summed E-state index contributed by atoms with van der Waals surface area (Å²) in [5.41, 5.74) is 0.875. The van der Waals surface area contributed by atoms with Gasteiger partial charge in [0.1, 0.15) is 11.3 Å². The van der Waals surface area contributed by atoms with Gasteiger partial charge in [-0.1, -0.05) is 6.07 Å². The number of carboxylic acid groups (broad SMARTS) is 1. The van der Waals surface area contributed by atoms with E-state index in [0.717, 1.165) is 0 Å². The fourth-order valence-corrected chi connectivity index (χ4v) is 1.12. The Hall–Kier alpha value is -1.55. The Morgan fingerprint density at radius 1 is 1.46 bits per heavy atom. The Labute approximate surface area is 80.2 Å². The molecule has 0 amide bonds. The highest BCUT2D eigenvalue weighted by atomic mass is 35.5. The molecule has 0 atom stereocenters. The van der Waals surface area contributed by atoms with Crippen LogP contribution in [0.5, 0.6) is 0 Å². The summed E-state index contributed by atoms with van der Waals surface area (Å²) in [5, 5.41) is 8.75. The van der Waals surface area contributed by atoms with Crippen molar-refractivity contribution in [3.05, 3.63) is 36.3 Å². The predicted molar refractivity (Wildman–Crippen MR) is 49.4 cm³/mol. The Balaban J connectivity index is 0.000000845. The first-order valence-electron chi connectivity index (χ1n) is 3.44. The molecule has 0 saturated carbocycles. The van der Waals surface area contributed by atoms with E-state index in [-0.39, 0.29) is 18.1 Å². The maximum Gasteiger partial charge on any atom is 0.352 e. The van der Waals surface area contributed by atoms with Crippen LogP contribution in [0.4, 0.5) is 0 Å². The third-order valence-corrected chi connectivity index (χ3v) is 1.65. The van der Waals surface area contributed by atoms with Gasteiger partial charge in [0.05, 0.1) is 0 Å². The lowest BCUT2D eigenvalue weighted by Crippen LogP contribution is -2.03. The number of rotatable bonds is 1. The van der Waals surface area contributed by atoms with Crippen molar-refractivity contribution in [1.82, 2.24) is 9.38 Å². The topological polar surface area (TPSA) is 54.6 Å². The summed E-state index contributed by atoms with van der Waals surface area (Å²) in [6.07, 6.45) is 3.20. The molecule has 0 aliphatic carbocycles. The van der Waals surface area contributed by atoms with Crippen LogP contribution in [0.3, 0.4) is 0 Å². The highest BCUT2D eigenvalue weighted by Gasteiger charge is 2.06. The minimum absolute atomic E-state index is 0. The summed E-state index contributed by atoms with van der Waals surface area (Å²) in [7, 11) is 0. The molecule has 5 heteroatoms. The lowest BCUT2D eigenvalue weighted by molar-refractivity contribution is 0.0689. The molecule has 0 saturated heterocycles. The number of halogens is 1. The number of fused-ring (bicyclic) bond motifs is 1. The largest absolute Gasteiger partial charge is 0.477 e. The molecular weight excluding hydrogens is 192 g/mol. The number of aromatic carboxylic acids is 1. The van der Waals surface area contributed by atoms with Crippen molar-refractivity contribution in [3.63, 3.8) is 0 Å². The van der Waals surface area contributed by atoms with Gasteiger partial charge in [0.25, 0.3) is 0 Å². The number of pyridine rings is 1. The van der Waals surface area contributed by atoms with Crippen LogP contribution in [0.25, 0.3) is 5.65 Å². The second-order valence-corrected chi connectivity index (χ2v) is 2.37. The van der Waals surface area contributed by atoms with E-state index in [1.807, 2.05) is 0 Å². The SMILES string of the molecule is Cl.O=C(O)c1cccc2nccn12. The van der Waals surface area contributed by atoms with Crippen molar-refractivity contribution in [2.75, 3.05) is 0 Å². The molecule has 13 heavy (non-hydrogen) atoms. The van der Waals surface area contributed by atoms with E-state index >= 15 is 0 Å². The van der Waals surface area contributed by atoms with Crippen LogP contribution in [-0.4, -0.2) is 20.5 Å². The number of nitrogens with zero attached hydrogens (tertiary/aromatic N) is 2. The lowest BCUT2D eigenvalue weighted by atomic mass is 10.3. The van der Waals surface area contributed by atoms with Crippen LogP contribution in [0.1, 0.15) is 10.5 Å². The van der Waals surface area contributed by atoms with E-state index < -0.39 is 5.97 Å². The van der Waals surface area contributed by atoms with Crippen LogP contribution >= 0.6 is 12.4 Å². The number of hydrogen-bond acceptors (Lipinski definition) is 2. The van der Waals surface area contributed by atoms with Crippen molar-refractivity contribution in [2.24, 2.45) is 0 Å². The van der Waals surface area contributed by atoms with Gasteiger partial charge in [-0.25, -0.2) is 9.78 Å². The summed E-state index contributed by atoms with van der Waals surface area (Å²) in [6, 6.07) is 4.97. The van der Waals surface area contributed by atoms with Crippen molar-refractivity contribution >= 4 is 24.0 Å². The summed E-state index contributed by atoms with van der Waals surface area (Å²) in [6.45, 7) is 0. The van der Waals surface area contributed by atoms with Gasteiger partial charge in [0, 0.05) is 12.4 Å². The number of hydrogen-bond donors (Lipinski definition) is 1. The minimum atomic E-state index is -0.946. The molecule has 0 radical (unpaired) electrons. The summed E-state index contributed by atoms with van der Waals surface area (Å²) in [5.74, 6) is -0.946. The predicted octanol–water partition coefficient (Wildman–Crippen LogP) is 1.45. The molecule has 0 fully saturated rings. The monoisotopic (exact) mass is 198 g/mol. The average molecular weight is 199 g/mol.